The Kier molecular flexibility index (Phi) is 3.93. The first-order valence-electron chi connectivity index (χ1n) is 7.26. The molecule has 4 unspecified atom stereocenters. The van der Waals surface area contributed by atoms with E-state index in [2.05, 4.69) is 5.32 Å². The number of nitrogens with one attached hydrogen (secondary N) is 1. The Morgan fingerprint density at radius 3 is 2.52 bits per heavy atom. The molecule has 0 radical (unpaired) electrons. The quantitative estimate of drug-likeness (QED) is 0.861. The maximum absolute atomic E-state index is 12.6. The first-order valence-corrected chi connectivity index (χ1v) is 8.49. The molecule has 0 aromatic heterocycles. The van der Waals surface area contributed by atoms with Crippen LogP contribution in [0.25, 0.3) is 0 Å². The fourth-order valence-electron chi connectivity index (χ4n) is 3.97. The SMILES string of the molecule is CSc1ccccc1NC(=O)C1C2CCC(C2)C1C(=O)[O-]. The van der Waals surface area contributed by atoms with Gasteiger partial charge in [0.1, 0.15) is 0 Å². The first-order chi connectivity index (χ1) is 10.1. The zero-order valence-corrected chi connectivity index (χ0v) is 12.7. The molecule has 0 saturated heterocycles. The van der Waals surface area contributed by atoms with Crippen LogP contribution in [0.5, 0.6) is 0 Å². The minimum absolute atomic E-state index is 0.117. The number of carbonyl (C=O) groups is 2. The molecule has 2 aliphatic rings. The summed E-state index contributed by atoms with van der Waals surface area (Å²) < 4.78 is 0. The smallest absolute Gasteiger partial charge is 0.228 e. The van der Waals surface area contributed by atoms with Gasteiger partial charge in [0.15, 0.2) is 0 Å². The molecule has 0 spiro atoms. The van der Waals surface area contributed by atoms with Crippen LogP contribution in [0.1, 0.15) is 19.3 Å². The highest BCUT2D eigenvalue weighted by Gasteiger charge is 2.51. The molecule has 4 atom stereocenters. The van der Waals surface area contributed by atoms with Gasteiger partial charge < -0.3 is 15.2 Å². The van der Waals surface area contributed by atoms with Gasteiger partial charge in [0, 0.05) is 22.7 Å². The molecule has 5 heteroatoms. The van der Waals surface area contributed by atoms with Crippen molar-refractivity contribution in [2.45, 2.75) is 24.2 Å². The fraction of sp³-hybridized carbons (Fsp3) is 0.500. The lowest BCUT2D eigenvalue weighted by molar-refractivity contribution is -0.314. The molecule has 1 aromatic carbocycles. The van der Waals surface area contributed by atoms with Crippen LogP contribution in [0, 0.1) is 23.7 Å². The third kappa shape index (κ3) is 2.55. The number of hydrogen-bond acceptors (Lipinski definition) is 4. The Morgan fingerprint density at radius 2 is 1.86 bits per heavy atom. The third-order valence-corrected chi connectivity index (χ3v) is 5.65. The minimum atomic E-state index is -1.07. The van der Waals surface area contributed by atoms with Gasteiger partial charge in [-0.15, -0.1) is 11.8 Å². The number of thioether (sulfide) groups is 1. The van der Waals surface area contributed by atoms with E-state index in [1.54, 1.807) is 11.8 Å². The lowest BCUT2D eigenvalue weighted by atomic mass is 9.78. The Labute approximate surface area is 128 Å². The number of anilines is 1. The number of benzene rings is 1. The molecular weight excluding hydrogens is 286 g/mol. The normalized spacial score (nSPS) is 30.3. The summed E-state index contributed by atoms with van der Waals surface area (Å²) in [4.78, 5) is 24.9. The van der Waals surface area contributed by atoms with E-state index in [4.69, 9.17) is 0 Å². The van der Waals surface area contributed by atoms with Gasteiger partial charge in [-0.1, -0.05) is 12.1 Å². The topological polar surface area (TPSA) is 69.2 Å². The molecule has 0 heterocycles. The van der Waals surface area contributed by atoms with Crippen LogP contribution in [-0.4, -0.2) is 18.1 Å². The number of aliphatic carboxylic acids is 1. The van der Waals surface area contributed by atoms with E-state index in [0.717, 1.165) is 29.8 Å². The summed E-state index contributed by atoms with van der Waals surface area (Å²) in [6.07, 6.45) is 4.67. The van der Waals surface area contributed by atoms with E-state index in [1.807, 2.05) is 30.5 Å². The molecule has 2 saturated carbocycles. The molecule has 1 aromatic rings. The van der Waals surface area contributed by atoms with Crippen molar-refractivity contribution in [2.24, 2.45) is 23.7 Å². The lowest BCUT2D eigenvalue weighted by Crippen LogP contribution is -2.44. The fourth-order valence-corrected chi connectivity index (χ4v) is 4.53. The molecule has 4 nitrogen and oxygen atoms in total. The van der Waals surface area contributed by atoms with Gasteiger partial charge in [-0.25, -0.2) is 0 Å². The minimum Gasteiger partial charge on any atom is -0.550 e. The molecule has 1 amide bonds. The molecule has 21 heavy (non-hydrogen) atoms. The van der Waals surface area contributed by atoms with E-state index < -0.39 is 17.8 Å². The number of carboxylic acid groups (broad SMARTS) is 1. The summed E-state index contributed by atoms with van der Waals surface area (Å²) in [7, 11) is 0. The molecule has 2 bridgehead atoms. The van der Waals surface area contributed by atoms with Crippen LogP contribution in [0.15, 0.2) is 29.2 Å². The number of amides is 1. The van der Waals surface area contributed by atoms with Gasteiger partial charge in [-0.3, -0.25) is 4.79 Å². The number of carbonyl (C=O) groups excluding carboxylic acids is 2. The van der Waals surface area contributed by atoms with E-state index in [9.17, 15) is 14.7 Å². The summed E-state index contributed by atoms with van der Waals surface area (Å²) in [5, 5.41) is 14.3. The number of para-hydroxylation sites is 1. The summed E-state index contributed by atoms with van der Waals surface area (Å²) in [5.41, 5.74) is 0.759. The third-order valence-electron chi connectivity index (χ3n) is 4.86. The van der Waals surface area contributed by atoms with Crippen molar-refractivity contribution in [3.05, 3.63) is 24.3 Å². The second-order valence-electron chi connectivity index (χ2n) is 5.89. The van der Waals surface area contributed by atoms with Crippen molar-refractivity contribution in [2.75, 3.05) is 11.6 Å². The van der Waals surface area contributed by atoms with Gasteiger partial charge in [0.2, 0.25) is 5.91 Å². The predicted molar refractivity (Wildman–Crippen MR) is 79.7 cm³/mol. The van der Waals surface area contributed by atoms with Crippen molar-refractivity contribution in [3.63, 3.8) is 0 Å². The van der Waals surface area contributed by atoms with Gasteiger partial charge in [0.25, 0.3) is 0 Å². The van der Waals surface area contributed by atoms with Gasteiger partial charge in [-0.2, -0.15) is 0 Å². The molecule has 0 aliphatic heterocycles. The standard InChI is InChI=1S/C16H19NO3S/c1-21-12-5-3-2-4-11(12)17-15(18)13-9-6-7-10(8-9)14(13)16(19)20/h2-5,9-10,13-14H,6-8H2,1H3,(H,17,18)(H,19,20)/p-1. The number of carboxylic acids is 1. The molecule has 2 fully saturated rings. The highest BCUT2D eigenvalue weighted by atomic mass is 32.2. The largest absolute Gasteiger partial charge is 0.550 e. The van der Waals surface area contributed by atoms with Gasteiger partial charge in [-0.05, 0) is 49.5 Å². The first kappa shape index (κ1) is 14.4. The summed E-state index contributed by atoms with van der Waals surface area (Å²) in [5.74, 6) is -1.99. The summed E-state index contributed by atoms with van der Waals surface area (Å²) in [6, 6.07) is 7.58. The Balaban J connectivity index is 1.80. The van der Waals surface area contributed by atoms with Gasteiger partial charge >= 0.3 is 0 Å². The van der Waals surface area contributed by atoms with E-state index in [-0.39, 0.29) is 17.7 Å². The highest BCUT2D eigenvalue weighted by molar-refractivity contribution is 7.98. The van der Waals surface area contributed by atoms with E-state index >= 15 is 0 Å². The molecule has 2 aliphatic carbocycles. The molecule has 3 rings (SSSR count). The number of fused-ring (bicyclic) bond motifs is 2. The van der Waals surface area contributed by atoms with E-state index in [0.29, 0.717) is 0 Å². The van der Waals surface area contributed by atoms with Crippen LogP contribution in [0.4, 0.5) is 5.69 Å². The average Bonchev–Trinajstić information content (AvgIpc) is 3.08. The molecular formula is C16H18NO3S-. The number of rotatable bonds is 4. The monoisotopic (exact) mass is 304 g/mol. The van der Waals surface area contributed by atoms with Crippen LogP contribution in [0.3, 0.4) is 0 Å². The summed E-state index contributed by atoms with van der Waals surface area (Å²) >= 11 is 1.56. The van der Waals surface area contributed by atoms with E-state index in [1.165, 1.54) is 0 Å². The highest BCUT2D eigenvalue weighted by Crippen LogP contribution is 2.52. The van der Waals surface area contributed by atoms with Crippen molar-refractivity contribution in [1.29, 1.82) is 0 Å². The average molecular weight is 304 g/mol. The van der Waals surface area contributed by atoms with Crippen LogP contribution < -0.4 is 10.4 Å². The molecule has 1 N–H and O–H groups in total. The Bertz CT molecular complexity index is 574. The van der Waals surface area contributed by atoms with Crippen LogP contribution in [-0.2, 0) is 9.59 Å². The second kappa shape index (κ2) is 5.72. The maximum atomic E-state index is 12.6. The van der Waals surface area contributed by atoms with Crippen LogP contribution >= 0.6 is 11.8 Å². The Hall–Kier alpha value is -1.49. The zero-order valence-electron chi connectivity index (χ0n) is 11.9. The van der Waals surface area contributed by atoms with Crippen LogP contribution in [0.2, 0.25) is 0 Å². The number of hydrogen-bond donors (Lipinski definition) is 1. The summed E-state index contributed by atoms with van der Waals surface area (Å²) in [6.45, 7) is 0. The van der Waals surface area contributed by atoms with Crippen molar-refractivity contribution in [1.82, 2.24) is 0 Å². The van der Waals surface area contributed by atoms with Crippen molar-refractivity contribution >= 4 is 29.3 Å². The second-order valence-corrected chi connectivity index (χ2v) is 6.74. The van der Waals surface area contributed by atoms with Crippen molar-refractivity contribution < 1.29 is 14.7 Å². The molecule has 112 valence electrons. The van der Waals surface area contributed by atoms with Crippen molar-refractivity contribution in [3.8, 4) is 0 Å². The Morgan fingerprint density at radius 1 is 1.19 bits per heavy atom. The lowest BCUT2D eigenvalue weighted by Gasteiger charge is -2.30. The van der Waals surface area contributed by atoms with Gasteiger partial charge in [0.05, 0.1) is 5.69 Å². The predicted octanol–water partition coefficient (Wildman–Crippen LogP) is 1.76. The maximum Gasteiger partial charge on any atom is 0.228 e. The zero-order chi connectivity index (χ0) is 15.0.